The van der Waals surface area contributed by atoms with E-state index in [0.717, 1.165) is 25.7 Å². The van der Waals surface area contributed by atoms with Crippen molar-refractivity contribution >= 4 is 24.3 Å². The van der Waals surface area contributed by atoms with Gasteiger partial charge in [0.1, 0.15) is 0 Å². The van der Waals surface area contributed by atoms with Crippen LogP contribution in [-0.2, 0) is 19.1 Å². The van der Waals surface area contributed by atoms with Crippen LogP contribution >= 0.6 is 12.4 Å². The summed E-state index contributed by atoms with van der Waals surface area (Å²) >= 11 is 0. The largest absolute Gasteiger partial charge is 0.422 e. The van der Waals surface area contributed by atoms with Gasteiger partial charge in [0, 0.05) is 25.2 Å². The van der Waals surface area contributed by atoms with Gasteiger partial charge in [0.25, 0.3) is 5.79 Å². The van der Waals surface area contributed by atoms with Gasteiger partial charge in [0.15, 0.2) is 0 Å². The lowest BCUT2D eigenvalue weighted by atomic mass is 9.86. The highest BCUT2D eigenvalue weighted by Gasteiger charge is 2.45. The molecule has 0 aromatic carbocycles. The Morgan fingerprint density at radius 3 is 0.750 bits per heavy atom. The standard InChI is InChI=1S/C42H82O4.ClH.H3N/c1-7-9-11-13-15-17-19-21-23-25-27-29-31-33-35-37-39(43)45-42(6,41(3,4)5)46-40(44)38-36-34-32-30-28-26-24-22-20-18-16-14-12-10-8-2;;/h7-38H2,1-6H3;1H;1H3. The number of carbonyl (C=O) groups excluding carboxylic acids is 2. The van der Waals surface area contributed by atoms with Crippen molar-refractivity contribution in [3.63, 3.8) is 0 Å². The minimum absolute atomic E-state index is 0. The van der Waals surface area contributed by atoms with Crippen LogP contribution in [0.2, 0.25) is 0 Å². The molecule has 5 nitrogen and oxygen atoms in total. The van der Waals surface area contributed by atoms with E-state index in [0.29, 0.717) is 12.8 Å². The zero-order valence-electron chi connectivity index (χ0n) is 33.4. The Kier molecular flexibility index (Phi) is 38.7. The van der Waals surface area contributed by atoms with Crippen LogP contribution in [-0.4, -0.2) is 17.7 Å². The van der Waals surface area contributed by atoms with Crippen LogP contribution in [0.25, 0.3) is 0 Å². The van der Waals surface area contributed by atoms with Gasteiger partial charge in [-0.15, -0.1) is 12.4 Å². The molecular formula is C42H86ClNO4. The maximum atomic E-state index is 12.7. The molecule has 0 atom stereocenters. The lowest BCUT2D eigenvalue weighted by Crippen LogP contribution is -2.48. The topological polar surface area (TPSA) is 87.6 Å². The predicted molar refractivity (Wildman–Crippen MR) is 211 cm³/mol. The molecule has 0 aromatic heterocycles. The van der Waals surface area contributed by atoms with Gasteiger partial charge in [-0.2, -0.15) is 0 Å². The van der Waals surface area contributed by atoms with Crippen LogP contribution < -0.4 is 6.15 Å². The van der Waals surface area contributed by atoms with Crippen molar-refractivity contribution in [3.05, 3.63) is 0 Å². The smallest absolute Gasteiger partial charge is 0.309 e. The fraction of sp³-hybridized carbons (Fsp3) is 0.952. The molecule has 0 fully saturated rings. The molecule has 6 heteroatoms. The van der Waals surface area contributed by atoms with Gasteiger partial charge in [0.05, 0.1) is 0 Å². The molecule has 0 spiro atoms. The molecule has 3 N–H and O–H groups in total. The second-order valence-electron chi connectivity index (χ2n) is 15.5. The molecule has 0 aliphatic heterocycles. The third-order valence-corrected chi connectivity index (χ3v) is 9.95. The Morgan fingerprint density at radius 1 is 0.375 bits per heavy atom. The van der Waals surface area contributed by atoms with Gasteiger partial charge in [-0.05, 0) is 12.8 Å². The van der Waals surface area contributed by atoms with Gasteiger partial charge in [-0.3, -0.25) is 9.59 Å². The van der Waals surface area contributed by atoms with Crippen LogP contribution in [0.5, 0.6) is 0 Å². The van der Waals surface area contributed by atoms with Gasteiger partial charge >= 0.3 is 11.9 Å². The third kappa shape index (κ3) is 32.4. The maximum Gasteiger partial charge on any atom is 0.309 e. The summed E-state index contributed by atoms with van der Waals surface area (Å²) in [6, 6.07) is 0. The van der Waals surface area contributed by atoms with Crippen LogP contribution in [0.1, 0.15) is 247 Å². The second-order valence-corrected chi connectivity index (χ2v) is 15.5. The highest BCUT2D eigenvalue weighted by molar-refractivity contribution is 5.85. The van der Waals surface area contributed by atoms with Gasteiger partial charge in [0.2, 0.25) is 0 Å². The molecule has 0 radical (unpaired) electrons. The molecule has 0 bridgehead atoms. The van der Waals surface area contributed by atoms with Crippen molar-refractivity contribution in [3.8, 4) is 0 Å². The summed E-state index contributed by atoms with van der Waals surface area (Å²) in [5.41, 5.74) is -0.498. The fourth-order valence-electron chi connectivity index (χ4n) is 6.14. The molecule has 0 aliphatic rings. The van der Waals surface area contributed by atoms with Crippen LogP contribution in [0, 0.1) is 5.41 Å². The zero-order chi connectivity index (χ0) is 34.2. The Balaban J connectivity index is -0.0000101. The Hall–Kier alpha value is -0.810. The monoisotopic (exact) mass is 704 g/mol. The van der Waals surface area contributed by atoms with Crippen molar-refractivity contribution in [2.75, 3.05) is 0 Å². The summed E-state index contributed by atoms with van der Waals surface area (Å²) in [6.45, 7) is 12.2. The predicted octanol–water partition coefficient (Wildman–Crippen LogP) is 14.9. The van der Waals surface area contributed by atoms with Gasteiger partial charge in [-0.1, -0.05) is 214 Å². The van der Waals surface area contributed by atoms with E-state index < -0.39 is 11.2 Å². The first-order valence-corrected chi connectivity index (χ1v) is 20.6. The SMILES string of the molecule is CCCCCCCCCCCCCCCCCC(=O)OC(C)(OC(=O)CCCCCCCCCCCCCCCCC)C(C)(C)C.Cl.N. The third-order valence-electron chi connectivity index (χ3n) is 9.95. The molecule has 0 amide bonds. The van der Waals surface area contributed by atoms with Crippen LogP contribution in [0.3, 0.4) is 0 Å². The second kappa shape index (κ2) is 36.0. The zero-order valence-corrected chi connectivity index (χ0v) is 34.2. The first-order valence-electron chi connectivity index (χ1n) is 20.6. The summed E-state index contributed by atoms with van der Waals surface area (Å²) in [5.74, 6) is -1.76. The lowest BCUT2D eigenvalue weighted by Gasteiger charge is -2.39. The molecule has 0 rings (SSSR count). The number of halogens is 1. The molecule has 48 heavy (non-hydrogen) atoms. The Labute approximate surface area is 307 Å². The summed E-state index contributed by atoms with van der Waals surface area (Å²) in [4.78, 5) is 25.4. The summed E-state index contributed by atoms with van der Waals surface area (Å²) in [6.07, 6.45) is 39.8. The molecule has 0 unspecified atom stereocenters. The first kappa shape index (κ1) is 51.6. The minimum atomic E-state index is -1.24. The number of hydrogen-bond donors (Lipinski definition) is 1. The Bertz CT molecular complexity index is 646. The van der Waals surface area contributed by atoms with E-state index in [1.54, 1.807) is 6.92 Å². The number of hydrogen-bond acceptors (Lipinski definition) is 5. The Morgan fingerprint density at radius 2 is 0.562 bits per heavy atom. The van der Waals surface area contributed by atoms with Crippen molar-refractivity contribution in [2.45, 2.75) is 253 Å². The summed E-state index contributed by atoms with van der Waals surface area (Å²) in [7, 11) is 0. The van der Waals surface area contributed by atoms with Crippen molar-refractivity contribution in [1.29, 1.82) is 0 Å². The highest BCUT2D eigenvalue weighted by Crippen LogP contribution is 2.36. The molecular weight excluding hydrogens is 618 g/mol. The summed E-state index contributed by atoms with van der Waals surface area (Å²) < 4.78 is 11.7. The van der Waals surface area contributed by atoms with Crippen LogP contribution in [0.15, 0.2) is 0 Å². The summed E-state index contributed by atoms with van der Waals surface area (Å²) in [5, 5.41) is 0. The molecule has 0 saturated heterocycles. The molecule has 0 aromatic rings. The lowest BCUT2D eigenvalue weighted by molar-refractivity contribution is -0.256. The number of ether oxygens (including phenoxy) is 2. The van der Waals surface area contributed by atoms with Crippen molar-refractivity contribution in [2.24, 2.45) is 5.41 Å². The van der Waals surface area contributed by atoms with E-state index in [9.17, 15) is 9.59 Å². The van der Waals surface area contributed by atoms with E-state index in [2.05, 4.69) is 13.8 Å². The average Bonchev–Trinajstić information content (AvgIpc) is 3.00. The van der Waals surface area contributed by atoms with Crippen LogP contribution in [0.4, 0.5) is 0 Å². The van der Waals surface area contributed by atoms with E-state index >= 15 is 0 Å². The van der Waals surface area contributed by atoms with Gasteiger partial charge in [-0.25, -0.2) is 0 Å². The maximum absolute atomic E-state index is 12.7. The molecule has 0 saturated carbocycles. The average molecular weight is 705 g/mol. The number of esters is 2. The molecule has 0 aliphatic carbocycles. The minimum Gasteiger partial charge on any atom is -0.422 e. The van der Waals surface area contributed by atoms with E-state index in [4.69, 9.17) is 9.47 Å². The van der Waals surface area contributed by atoms with E-state index in [-0.39, 0.29) is 30.5 Å². The van der Waals surface area contributed by atoms with Crippen molar-refractivity contribution < 1.29 is 19.1 Å². The van der Waals surface area contributed by atoms with E-state index in [1.165, 1.54) is 167 Å². The first-order chi connectivity index (χ1) is 22.2. The molecule has 0 heterocycles. The fourth-order valence-corrected chi connectivity index (χ4v) is 6.14. The number of unbranched alkanes of at least 4 members (excludes halogenated alkanes) is 28. The molecule has 290 valence electrons. The number of carbonyl (C=O) groups is 2. The normalized spacial score (nSPS) is 11.5. The quantitative estimate of drug-likeness (QED) is 0.0409. The van der Waals surface area contributed by atoms with E-state index in [1.807, 2.05) is 20.8 Å². The van der Waals surface area contributed by atoms with Gasteiger partial charge < -0.3 is 15.6 Å². The number of rotatable bonds is 34. The highest BCUT2D eigenvalue weighted by atomic mass is 35.5. The van der Waals surface area contributed by atoms with Crippen molar-refractivity contribution in [1.82, 2.24) is 6.15 Å².